The predicted octanol–water partition coefficient (Wildman–Crippen LogP) is 1.57. The first kappa shape index (κ1) is 11.7. The van der Waals surface area contributed by atoms with Gasteiger partial charge in [0.25, 0.3) is 5.91 Å². The lowest BCUT2D eigenvalue weighted by Gasteiger charge is -1.98. The number of nitrogens with zero attached hydrogens (tertiary/aromatic N) is 1. The van der Waals surface area contributed by atoms with E-state index in [0.29, 0.717) is 11.4 Å². The molecule has 90 valence electrons. The van der Waals surface area contributed by atoms with Crippen molar-refractivity contribution in [2.45, 2.75) is 0 Å². The Labute approximate surface area is 103 Å². The number of hydrogen-bond acceptors (Lipinski definition) is 3. The molecule has 5 nitrogen and oxygen atoms in total. The number of carbonyl (C=O) groups excluding carboxylic acids is 1. The fraction of sp³-hybridized carbons (Fsp3) is 0.0769. The Bertz CT molecular complexity index is 677. The van der Waals surface area contributed by atoms with Gasteiger partial charge in [-0.1, -0.05) is 18.2 Å². The molecule has 0 spiro atoms. The van der Waals surface area contributed by atoms with E-state index in [1.165, 1.54) is 13.2 Å². The summed E-state index contributed by atoms with van der Waals surface area (Å²) >= 11 is 0. The van der Waals surface area contributed by atoms with E-state index in [-0.39, 0.29) is 5.57 Å². The number of nitrogens with one attached hydrogen (secondary N) is 1. The molecule has 0 aliphatic rings. The maximum absolute atomic E-state index is 11.1. The number of primary amides is 1. The van der Waals surface area contributed by atoms with Crippen LogP contribution < -0.4 is 10.5 Å². The second-order valence-electron chi connectivity index (χ2n) is 3.65. The number of para-hydroxylation sites is 1. The molecule has 0 unspecified atom stereocenters. The zero-order chi connectivity index (χ0) is 13.1. The van der Waals surface area contributed by atoms with E-state index in [1.807, 2.05) is 24.3 Å². The van der Waals surface area contributed by atoms with Crippen LogP contribution in [0.5, 0.6) is 5.88 Å². The van der Waals surface area contributed by atoms with Crippen LogP contribution in [-0.4, -0.2) is 18.0 Å². The van der Waals surface area contributed by atoms with Crippen molar-refractivity contribution >= 4 is 22.9 Å². The van der Waals surface area contributed by atoms with Crippen molar-refractivity contribution in [3.05, 3.63) is 35.4 Å². The topological polar surface area (TPSA) is 91.9 Å². The van der Waals surface area contributed by atoms with Crippen molar-refractivity contribution in [1.29, 1.82) is 5.26 Å². The summed E-state index contributed by atoms with van der Waals surface area (Å²) in [6.07, 6.45) is 1.43. The fourth-order valence-corrected chi connectivity index (χ4v) is 1.75. The van der Waals surface area contributed by atoms with Crippen LogP contribution >= 0.6 is 0 Å². The van der Waals surface area contributed by atoms with E-state index < -0.39 is 5.91 Å². The zero-order valence-corrected chi connectivity index (χ0v) is 9.73. The number of nitrogens with two attached hydrogens (primary N) is 1. The summed E-state index contributed by atoms with van der Waals surface area (Å²) in [5, 5.41) is 9.73. The largest absolute Gasteiger partial charge is 0.482 e. The summed E-state index contributed by atoms with van der Waals surface area (Å²) < 4.78 is 5.19. The van der Waals surface area contributed by atoms with Gasteiger partial charge in [-0.25, -0.2) is 0 Å². The second kappa shape index (κ2) is 4.63. The third kappa shape index (κ3) is 1.92. The normalized spacial score (nSPS) is 11.2. The van der Waals surface area contributed by atoms with Gasteiger partial charge < -0.3 is 15.5 Å². The highest BCUT2D eigenvalue weighted by molar-refractivity contribution is 6.04. The van der Waals surface area contributed by atoms with Crippen molar-refractivity contribution in [2.24, 2.45) is 5.73 Å². The van der Waals surface area contributed by atoms with Gasteiger partial charge in [-0.2, -0.15) is 5.26 Å². The van der Waals surface area contributed by atoms with Crippen LogP contribution in [0.3, 0.4) is 0 Å². The van der Waals surface area contributed by atoms with Gasteiger partial charge in [0.2, 0.25) is 0 Å². The van der Waals surface area contributed by atoms with E-state index in [0.717, 1.165) is 10.9 Å². The lowest BCUT2D eigenvalue weighted by atomic mass is 10.1. The molecule has 1 aromatic heterocycles. The smallest absolute Gasteiger partial charge is 0.259 e. The van der Waals surface area contributed by atoms with Gasteiger partial charge in [0.05, 0.1) is 7.11 Å². The Morgan fingerprint density at radius 3 is 2.83 bits per heavy atom. The monoisotopic (exact) mass is 241 g/mol. The Kier molecular flexibility index (Phi) is 3.02. The van der Waals surface area contributed by atoms with Crippen molar-refractivity contribution < 1.29 is 9.53 Å². The van der Waals surface area contributed by atoms with Crippen molar-refractivity contribution in [2.75, 3.05) is 7.11 Å². The molecular formula is C13H11N3O2. The number of hydrogen-bond donors (Lipinski definition) is 2. The minimum Gasteiger partial charge on any atom is -0.482 e. The molecular weight excluding hydrogens is 230 g/mol. The first-order valence-electron chi connectivity index (χ1n) is 5.23. The van der Waals surface area contributed by atoms with E-state index in [1.54, 1.807) is 6.07 Å². The highest BCUT2D eigenvalue weighted by atomic mass is 16.5. The minimum absolute atomic E-state index is 0.113. The second-order valence-corrected chi connectivity index (χ2v) is 3.65. The summed E-state index contributed by atoms with van der Waals surface area (Å²) in [7, 11) is 1.51. The summed E-state index contributed by atoms with van der Waals surface area (Å²) in [6, 6.07) is 9.27. The highest BCUT2D eigenvalue weighted by Crippen LogP contribution is 2.29. The zero-order valence-electron chi connectivity index (χ0n) is 9.73. The summed E-state index contributed by atoms with van der Waals surface area (Å²) in [4.78, 5) is 14.1. The first-order valence-corrected chi connectivity index (χ1v) is 5.23. The Morgan fingerprint density at radius 1 is 1.50 bits per heavy atom. The average molecular weight is 241 g/mol. The number of ether oxygens (including phenoxy) is 1. The van der Waals surface area contributed by atoms with Gasteiger partial charge in [-0.15, -0.1) is 0 Å². The van der Waals surface area contributed by atoms with Gasteiger partial charge in [-0.3, -0.25) is 4.79 Å². The molecule has 18 heavy (non-hydrogen) atoms. The van der Waals surface area contributed by atoms with Crippen LogP contribution in [-0.2, 0) is 4.79 Å². The predicted molar refractivity (Wildman–Crippen MR) is 67.6 cm³/mol. The summed E-state index contributed by atoms with van der Waals surface area (Å²) in [5.41, 5.74) is 6.51. The van der Waals surface area contributed by atoms with Gasteiger partial charge in [0.1, 0.15) is 11.6 Å². The molecule has 3 N–H and O–H groups in total. The molecule has 0 aliphatic heterocycles. The third-order valence-electron chi connectivity index (χ3n) is 2.59. The molecule has 5 heteroatoms. The highest BCUT2D eigenvalue weighted by Gasteiger charge is 2.12. The van der Waals surface area contributed by atoms with Crippen molar-refractivity contribution in [1.82, 2.24) is 4.98 Å². The van der Waals surface area contributed by atoms with E-state index in [9.17, 15) is 4.79 Å². The molecule has 0 bridgehead atoms. The molecule has 2 rings (SSSR count). The maximum atomic E-state index is 11.1. The Balaban J connectivity index is 2.70. The number of carbonyl (C=O) groups is 1. The van der Waals surface area contributed by atoms with Crippen molar-refractivity contribution in [3.63, 3.8) is 0 Å². The standard InChI is InChI=1S/C13H11N3O2/c1-18-13-10(6-8(7-14)12(15)17)9-4-2-3-5-11(9)16-13/h2-6,16H,1H3,(H2,15,17)/b8-6-. The number of aromatic amines is 1. The lowest BCUT2D eigenvalue weighted by molar-refractivity contribution is -0.114. The lowest BCUT2D eigenvalue weighted by Crippen LogP contribution is -2.12. The summed E-state index contributed by atoms with van der Waals surface area (Å²) in [5.74, 6) is -0.268. The molecule has 0 fully saturated rings. The fourth-order valence-electron chi connectivity index (χ4n) is 1.75. The van der Waals surface area contributed by atoms with E-state index in [4.69, 9.17) is 15.7 Å². The molecule has 1 aromatic carbocycles. The van der Waals surface area contributed by atoms with E-state index in [2.05, 4.69) is 4.98 Å². The van der Waals surface area contributed by atoms with Crippen LogP contribution in [0.25, 0.3) is 17.0 Å². The van der Waals surface area contributed by atoms with Crippen LogP contribution in [0.15, 0.2) is 29.8 Å². The quantitative estimate of drug-likeness (QED) is 0.631. The van der Waals surface area contributed by atoms with Gasteiger partial charge >= 0.3 is 0 Å². The molecule has 0 saturated carbocycles. The first-order chi connectivity index (χ1) is 8.67. The number of fused-ring (bicyclic) bond motifs is 1. The minimum atomic E-state index is -0.759. The molecule has 0 atom stereocenters. The van der Waals surface area contributed by atoms with Crippen LogP contribution in [0.1, 0.15) is 5.56 Å². The van der Waals surface area contributed by atoms with Crippen LogP contribution in [0.2, 0.25) is 0 Å². The number of rotatable bonds is 3. The Hall–Kier alpha value is -2.74. The molecule has 0 aliphatic carbocycles. The number of nitriles is 1. The third-order valence-corrected chi connectivity index (χ3v) is 2.59. The van der Waals surface area contributed by atoms with Gasteiger partial charge in [-0.05, 0) is 12.1 Å². The number of amides is 1. The molecule has 0 radical (unpaired) electrons. The van der Waals surface area contributed by atoms with Crippen LogP contribution in [0.4, 0.5) is 0 Å². The van der Waals surface area contributed by atoms with Crippen molar-refractivity contribution in [3.8, 4) is 11.9 Å². The molecule has 1 amide bonds. The Morgan fingerprint density at radius 2 is 2.22 bits per heavy atom. The number of H-pyrrole nitrogens is 1. The van der Waals surface area contributed by atoms with Gasteiger partial charge in [0.15, 0.2) is 5.88 Å². The van der Waals surface area contributed by atoms with Crippen LogP contribution in [0, 0.1) is 11.3 Å². The summed E-state index contributed by atoms with van der Waals surface area (Å²) in [6.45, 7) is 0. The molecule has 1 heterocycles. The number of aromatic nitrogens is 1. The SMILES string of the molecule is COc1[nH]c2ccccc2c1/C=C(/C#N)C(N)=O. The van der Waals surface area contributed by atoms with Gasteiger partial charge in [0, 0.05) is 16.5 Å². The number of benzene rings is 1. The van der Waals surface area contributed by atoms with E-state index >= 15 is 0 Å². The average Bonchev–Trinajstić information content (AvgIpc) is 2.73. The molecule has 2 aromatic rings. The molecule has 0 saturated heterocycles. The number of methoxy groups -OCH3 is 1. The maximum Gasteiger partial charge on any atom is 0.259 e.